The summed E-state index contributed by atoms with van der Waals surface area (Å²) in [6, 6.07) is 0.0555. The molecule has 14 heavy (non-hydrogen) atoms. The maximum Gasteiger partial charge on any atom is 0.0948 e. The molecule has 0 aliphatic rings. The van der Waals surface area contributed by atoms with E-state index in [9.17, 15) is 0 Å². The Morgan fingerprint density at radius 1 is 1.57 bits per heavy atom. The van der Waals surface area contributed by atoms with Crippen molar-refractivity contribution in [3.05, 3.63) is 18.2 Å². The van der Waals surface area contributed by atoms with Gasteiger partial charge in [0.2, 0.25) is 0 Å². The predicted octanol–water partition coefficient (Wildman–Crippen LogP) is 1.33. The second-order valence-electron chi connectivity index (χ2n) is 3.50. The van der Waals surface area contributed by atoms with Gasteiger partial charge in [0, 0.05) is 32.5 Å². The number of imidazole rings is 1. The monoisotopic (exact) mass is 197 g/mol. The van der Waals surface area contributed by atoms with Gasteiger partial charge in [-0.2, -0.15) is 0 Å². The van der Waals surface area contributed by atoms with Gasteiger partial charge in [-0.25, -0.2) is 4.98 Å². The van der Waals surface area contributed by atoms with Crippen LogP contribution in [0.15, 0.2) is 12.5 Å². The number of methoxy groups -OCH3 is 1. The van der Waals surface area contributed by atoms with Crippen molar-refractivity contribution >= 4 is 0 Å². The third kappa shape index (κ3) is 3.12. The quantitative estimate of drug-likeness (QED) is 0.700. The van der Waals surface area contributed by atoms with E-state index in [1.807, 2.05) is 19.4 Å². The number of nitrogens with zero attached hydrogens (tertiary/aromatic N) is 2. The fraction of sp³-hybridized carbons (Fsp3) is 0.700. The number of hydrogen-bond acceptors (Lipinski definition) is 3. The van der Waals surface area contributed by atoms with Crippen molar-refractivity contribution in [2.45, 2.75) is 32.4 Å². The lowest BCUT2D eigenvalue weighted by molar-refractivity contribution is 0.191. The van der Waals surface area contributed by atoms with Gasteiger partial charge in [0.05, 0.1) is 12.0 Å². The largest absolute Gasteiger partial charge is 0.385 e. The number of nitrogens with two attached hydrogens (primary N) is 1. The first-order valence-corrected chi connectivity index (χ1v) is 5.00. The van der Waals surface area contributed by atoms with Crippen LogP contribution in [0.25, 0.3) is 0 Å². The van der Waals surface area contributed by atoms with Gasteiger partial charge in [-0.3, -0.25) is 0 Å². The molecule has 1 rings (SSSR count). The molecule has 0 bridgehead atoms. The van der Waals surface area contributed by atoms with Crippen LogP contribution >= 0.6 is 0 Å². The van der Waals surface area contributed by atoms with Gasteiger partial charge in [0.15, 0.2) is 0 Å². The fourth-order valence-electron chi connectivity index (χ4n) is 1.43. The minimum absolute atomic E-state index is 0.0555. The summed E-state index contributed by atoms with van der Waals surface area (Å²) in [4.78, 5) is 4.09. The molecular formula is C10H19N3O. The van der Waals surface area contributed by atoms with Crippen LogP contribution in [0.2, 0.25) is 0 Å². The molecule has 1 heterocycles. The van der Waals surface area contributed by atoms with E-state index in [-0.39, 0.29) is 6.04 Å². The molecule has 0 aromatic carbocycles. The molecule has 0 radical (unpaired) electrons. The minimum Gasteiger partial charge on any atom is -0.385 e. The molecule has 0 amide bonds. The molecule has 0 unspecified atom stereocenters. The van der Waals surface area contributed by atoms with Crippen LogP contribution in [-0.2, 0) is 11.3 Å². The summed E-state index contributed by atoms with van der Waals surface area (Å²) in [5.74, 6) is 0. The van der Waals surface area contributed by atoms with Crippen molar-refractivity contribution in [2.75, 3.05) is 13.7 Å². The highest BCUT2D eigenvalue weighted by atomic mass is 16.5. The zero-order chi connectivity index (χ0) is 10.4. The lowest BCUT2D eigenvalue weighted by Crippen LogP contribution is -2.12. The second-order valence-corrected chi connectivity index (χ2v) is 3.50. The number of ether oxygens (including phenoxy) is 1. The summed E-state index contributed by atoms with van der Waals surface area (Å²) < 4.78 is 7.10. The van der Waals surface area contributed by atoms with E-state index in [4.69, 9.17) is 10.5 Å². The third-order valence-corrected chi connectivity index (χ3v) is 2.21. The Balaban J connectivity index is 2.38. The SMILES string of the molecule is COCCCCn1cncc1[C@H](C)N. The van der Waals surface area contributed by atoms with Gasteiger partial charge in [-0.05, 0) is 19.8 Å². The minimum atomic E-state index is 0.0555. The van der Waals surface area contributed by atoms with Gasteiger partial charge in [-0.1, -0.05) is 0 Å². The lowest BCUT2D eigenvalue weighted by atomic mass is 10.2. The molecule has 0 saturated carbocycles. The smallest absolute Gasteiger partial charge is 0.0948 e. The first-order valence-electron chi connectivity index (χ1n) is 5.00. The number of unbranched alkanes of at least 4 members (excludes halogenated alkanes) is 1. The molecule has 0 fully saturated rings. The Morgan fingerprint density at radius 3 is 3.00 bits per heavy atom. The first kappa shape index (κ1) is 11.2. The topological polar surface area (TPSA) is 53.1 Å². The van der Waals surface area contributed by atoms with E-state index in [0.717, 1.165) is 31.7 Å². The summed E-state index contributed by atoms with van der Waals surface area (Å²) in [7, 11) is 1.73. The number of aryl methyl sites for hydroxylation is 1. The van der Waals surface area contributed by atoms with Crippen molar-refractivity contribution in [1.82, 2.24) is 9.55 Å². The average molecular weight is 197 g/mol. The van der Waals surface area contributed by atoms with Crippen LogP contribution in [0, 0.1) is 0 Å². The fourth-order valence-corrected chi connectivity index (χ4v) is 1.43. The van der Waals surface area contributed by atoms with Gasteiger partial charge in [0.25, 0.3) is 0 Å². The molecule has 1 atom stereocenters. The summed E-state index contributed by atoms with van der Waals surface area (Å²) >= 11 is 0. The summed E-state index contributed by atoms with van der Waals surface area (Å²) in [5.41, 5.74) is 6.90. The molecule has 4 heteroatoms. The number of rotatable bonds is 6. The normalized spacial score (nSPS) is 13.1. The maximum absolute atomic E-state index is 5.80. The zero-order valence-electron chi connectivity index (χ0n) is 8.94. The molecule has 80 valence electrons. The Bertz CT molecular complexity index is 258. The number of hydrogen-bond donors (Lipinski definition) is 1. The highest BCUT2D eigenvalue weighted by Gasteiger charge is 2.05. The molecule has 0 aliphatic carbocycles. The van der Waals surface area contributed by atoms with Gasteiger partial charge in [0.1, 0.15) is 0 Å². The molecule has 0 spiro atoms. The Hall–Kier alpha value is -0.870. The van der Waals surface area contributed by atoms with Crippen LogP contribution in [-0.4, -0.2) is 23.3 Å². The highest BCUT2D eigenvalue weighted by molar-refractivity contribution is 5.02. The van der Waals surface area contributed by atoms with Crippen LogP contribution in [0.1, 0.15) is 31.5 Å². The summed E-state index contributed by atoms with van der Waals surface area (Å²) in [6.07, 6.45) is 5.85. The highest BCUT2D eigenvalue weighted by Crippen LogP contribution is 2.09. The van der Waals surface area contributed by atoms with E-state index in [2.05, 4.69) is 9.55 Å². The average Bonchev–Trinajstić information content (AvgIpc) is 2.60. The van der Waals surface area contributed by atoms with E-state index < -0.39 is 0 Å². The Morgan fingerprint density at radius 2 is 2.36 bits per heavy atom. The standard InChI is InChI=1S/C10H19N3O/c1-9(11)10-7-12-8-13(10)5-3-4-6-14-2/h7-9H,3-6,11H2,1-2H3/t9-/m0/s1. The predicted molar refractivity (Wildman–Crippen MR) is 55.9 cm³/mol. The first-order chi connectivity index (χ1) is 6.75. The third-order valence-electron chi connectivity index (χ3n) is 2.21. The molecule has 2 N–H and O–H groups in total. The van der Waals surface area contributed by atoms with Crippen molar-refractivity contribution in [2.24, 2.45) is 5.73 Å². The van der Waals surface area contributed by atoms with Crippen LogP contribution < -0.4 is 5.73 Å². The number of aromatic nitrogens is 2. The Labute approximate surface area is 85.1 Å². The summed E-state index contributed by atoms with van der Waals surface area (Å²) in [5, 5.41) is 0. The molecule has 1 aromatic heterocycles. The maximum atomic E-state index is 5.80. The van der Waals surface area contributed by atoms with E-state index >= 15 is 0 Å². The van der Waals surface area contributed by atoms with Crippen molar-refractivity contribution in [3.63, 3.8) is 0 Å². The zero-order valence-corrected chi connectivity index (χ0v) is 8.94. The Kier molecular flexibility index (Phi) is 4.62. The van der Waals surface area contributed by atoms with Gasteiger partial charge >= 0.3 is 0 Å². The van der Waals surface area contributed by atoms with Crippen molar-refractivity contribution in [1.29, 1.82) is 0 Å². The van der Waals surface area contributed by atoms with Crippen LogP contribution in [0.3, 0.4) is 0 Å². The van der Waals surface area contributed by atoms with Crippen molar-refractivity contribution < 1.29 is 4.74 Å². The van der Waals surface area contributed by atoms with E-state index in [1.165, 1.54) is 0 Å². The molecule has 0 aliphatic heterocycles. The molecule has 0 saturated heterocycles. The second kappa shape index (κ2) is 5.78. The van der Waals surface area contributed by atoms with Gasteiger partial charge in [-0.15, -0.1) is 0 Å². The summed E-state index contributed by atoms with van der Waals surface area (Å²) in [6.45, 7) is 3.77. The van der Waals surface area contributed by atoms with E-state index in [1.54, 1.807) is 7.11 Å². The lowest BCUT2D eigenvalue weighted by Gasteiger charge is -2.10. The van der Waals surface area contributed by atoms with Gasteiger partial charge < -0.3 is 15.0 Å². The van der Waals surface area contributed by atoms with Crippen molar-refractivity contribution in [3.8, 4) is 0 Å². The van der Waals surface area contributed by atoms with Crippen LogP contribution in [0.4, 0.5) is 0 Å². The molecule has 4 nitrogen and oxygen atoms in total. The molecular weight excluding hydrogens is 178 g/mol. The van der Waals surface area contributed by atoms with E-state index in [0.29, 0.717) is 0 Å². The molecule has 1 aromatic rings. The van der Waals surface area contributed by atoms with Crippen LogP contribution in [0.5, 0.6) is 0 Å².